The van der Waals surface area contributed by atoms with Crippen LogP contribution in [0.25, 0.3) is 6.08 Å². The van der Waals surface area contributed by atoms with Crippen LogP contribution >= 0.6 is 0 Å². The van der Waals surface area contributed by atoms with E-state index in [-0.39, 0.29) is 41.8 Å². The maximum Gasteiger partial charge on any atom is 0.260 e. The molecular weight excluding hydrogens is 642 g/mol. The number of amides is 4. The number of aryl methyl sites for hydroxylation is 1. The van der Waals surface area contributed by atoms with E-state index in [1.165, 1.54) is 12.1 Å². The summed E-state index contributed by atoms with van der Waals surface area (Å²) in [6, 6.07) is 22.0. The lowest BCUT2D eigenvalue weighted by molar-refractivity contribution is -0.144. The number of nitrogens with zero attached hydrogens (tertiary/aromatic N) is 2. The fourth-order valence-corrected chi connectivity index (χ4v) is 9.72. The minimum atomic E-state index is -1.32. The highest BCUT2D eigenvalue weighted by Gasteiger charge is 2.69. The quantitative estimate of drug-likeness (QED) is 0.214. The molecule has 5 aliphatic rings. The lowest BCUT2D eigenvalue weighted by atomic mass is 9.50. The number of likely N-dealkylation sites (tertiary alicyclic amines) is 1. The number of anilines is 1. The number of aromatic hydroxyl groups is 1. The molecule has 3 aliphatic carbocycles. The molecule has 2 saturated carbocycles. The summed E-state index contributed by atoms with van der Waals surface area (Å²) in [4.78, 5) is 60.0. The summed E-state index contributed by atoms with van der Waals surface area (Å²) in [7, 11) is 1.49. The average Bonchev–Trinajstić information content (AvgIpc) is 3.54. The number of hydrogen-bond acceptors (Lipinski definition) is 7. The fourth-order valence-electron chi connectivity index (χ4n) is 9.72. The molecule has 2 heterocycles. The number of phenols is 1. The number of fused-ring (bicyclic) bond motifs is 4. The van der Waals surface area contributed by atoms with Gasteiger partial charge in [-0.25, -0.2) is 0 Å². The summed E-state index contributed by atoms with van der Waals surface area (Å²) >= 11 is 0. The van der Waals surface area contributed by atoms with E-state index in [2.05, 4.69) is 11.5 Å². The number of benzene rings is 3. The lowest BCUT2D eigenvalue weighted by Crippen LogP contribution is -2.54. The summed E-state index contributed by atoms with van der Waals surface area (Å²) in [6.45, 7) is 1.97. The standard InChI is InChI=1S/C42H43N3O6/c1-25-13-17-28(18-14-25)43-45-39(48)34-24-32-30(19-20-31-37(32)40(49)44(38(31)47)29-11-7-4-8-12-29)33(21-15-26-16-22-35(46)36(23-26)51-2)42(34,41(45)50)27-9-5-3-6-10-27/h3,5-6,9-10,13-19,21-23,29,31-34,37,43,46H,4,7-8,11-12,20,24H2,1-2H3. The van der Waals surface area contributed by atoms with Gasteiger partial charge in [-0.15, -0.1) is 0 Å². The number of rotatable bonds is 7. The molecule has 9 heteroatoms. The van der Waals surface area contributed by atoms with Crippen LogP contribution in [0.5, 0.6) is 11.5 Å². The van der Waals surface area contributed by atoms with Gasteiger partial charge in [0, 0.05) is 12.0 Å². The Morgan fingerprint density at radius 3 is 2.35 bits per heavy atom. The maximum atomic E-state index is 15.2. The van der Waals surface area contributed by atoms with Crippen molar-refractivity contribution in [2.75, 3.05) is 12.5 Å². The van der Waals surface area contributed by atoms with Crippen LogP contribution < -0.4 is 10.2 Å². The van der Waals surface area contributed by atoms with Crippen LogP contribution in [0, 0.1) is 36.5 Å². The molecule has 0 spiro atoms. The third kappa shape index (κ3) is 5.19. The van der Waals surface area contributed by atoms with E-state index in [0.717, 1.165) is 54.4 Å². The lowest BCUT2D eigenvalue weighted by Gasteiger charge is -2.49. The number of ether oxygens (including phenoxy) is 1. The highest BCUT2D eigenvalue weighted by molar-refractivity contribution is 6.13. The summed E-state index contributed by atoms with van der Waals surface area (Å²) in [5.41, 5.74) is 5.87. The molecule has 2 N–H and O–H groups in total. The van der Waals surface area contributed by atoms with Crippen molar-refractivity contribution in [1.82, 2.24) is 9.91 Å². The Kier molecular flexibility index (Phi) is 8.32. The highest BCUT2D eigenvalue weighted by atomic mass is 16.5. The van der Waals surface area contributed by atoms with E-state index < -0.39 is 35.0 Å². The summed E-state index contributed by atoms with van der Waals surface area (Å²) in [5, 5.41) is 11.5. The number of carbonyl (C=O) groups excluding carboxylic acids is 4. The van der Waals surface area contributed by atoms with Crippen molar-refractivity contribution >= 4 is 35.4 Å². The summed E-state index contributed by atoms with van der Waals surface area (Å²) in [6.07, 6.45) is 11.4. The Hall–Kier alpha value is -5.18. The predicted molar refractivity (Wildman–Crippen MR) is 192 cm³/mol. The van der Waals surface area contributed by atoms with Crippen LogP contribution in [-0.2, 0) is 24.6 Å². The average molecular weight is 686 g/mol. The van der Waals surface area contributed by atoms with Crippen molar-refractivity contribution < 1.29 is 29.0 Å². The van der Waals surface area contributed by atoms with Crippen LogP contribution in [0.3, 0.4) is 0 Å². The van der Waals surface area contributed by atoms with Crippen molar-refractivity contribution in [1.29, 1.82) is 0 Å². The number of hydrogen-bond donors (Lipinski definition) is 2. The second-order valence-electron chi connectivity index (χ2n) is 14.8. The van der Waals surface area contributed by atoms with Gasteiger partial charge in [0.05, 0.1) is 36.0 Å². The van der Waals surface area contributed by atoms with Crippen LogP contribution in [0.15, 0.2) is 90.5 Å². The summed E-state index contributed by atoms with van der Waals surface area (Å²) < 4.78 is 5.38. The van der Waals surface area contributed by atoms with E-state index in [1.54, 1.807) is 23.1 Å². The van der Waals surface area contributed by atoms with Crippen molar-refractivity contribution in [3.63, 3.8) is 0 Å². The van der Waals surface area contributed by atoms with Gasteiger partial charge in [0.25, 0.3) is 11.8 Å². The second-order valence-corrected chi connectivity index (χ2v) is 14.8. The molecule has 3 aromatic rings. The molecule has 2 saturated heterocycles. The molecule has 4 amide bonds. The van der Waals surface area contributed by atoms with E-state index >= 15 is 4.79 Å². The van der Waals surface area contributed by atoms with Gasteiger partial charge in [0.15, 0.2) is 11.5 Å². The molecule has 0 aromatic heterocycles. The third-order valence-electron chi connectivity index (χ3n) is 12.1. The molecule has 4 fully saturated rings. The zero-order chi connectivity index (χ0) is 35.4. The molecule has 8 rings (SSSR count). The Balaban J connectivity index is 1.27. The first-order valence-electron chi connectivity index (χ1n) is 18.1. The van der Waals surface area contributed by atoms with Crippen LogP contribution in [0.1, 0.15) is 61.6 Å². The third-order valence-corrected chi connectivity index (χ3v) is 12.1. The number of methoxy groups -OCH3 is 1. The van der Waals surface area contributed by atoms with E-state index in [9.17, 15) is 19.5 Å². The Labute approximate surface area is 297 Å². The second kappa shape index (κ2) is 12.9. The van der Waals surface area contributed by atoms with Gasteiger partial charge < -0.3 is 9.84 Å². The van der Waals surface area contributed by atoms with Gasteiger partial charge in [-0.05, 0) is 73.9 Å². The topological polar surface area (TPSA) is 116 Å². The van der Waals surface area contributed by atoms with Gasteiger partial charge in [0.2, 0.25) is 11.8 Å². The van der Waals surface area contributed by atoms with Crippen molar-refractivity contribution in [3.05, 3.63) is 107 Å². The molecule has 262 valence electrons. The molecule has 51 heavy (non-hydrogen) atoms. The number of allylic oxidation sites excluding steroid dienone is 3. The van der Waals surface area contributed by atoms with Gasteiger partial charge in [-0.3, -0.25) is 29.5 Å². The first-order chi connectivity index (χ1) is 24.7. The molecule has 0 bridgehead atoms. The van der Waals surface area contributed by atoms with Gasteiger partial charge in [-0.1, -0.05) is 97.2 Å². The molecule has 3 aromatic carbocycles. The van der Waals surface area contributed by atoms with Gasteiger partial charge in [0.1, 0.15) is 0 Å². The minimum Gasteiger partial charge on any atom is -0.504 e. The molecule has 2 aliphatic heterocycles. The first-order valence-corrected chi connectivity index (χ1v) is 18.1. The summed E-state index contributed by atoms with van der Waals surface area (Å²) in [5.74, 6) is -3.48. The Morgan fingerprint density at radius 2 is 1.63 bits per heavy atom. The van der Waals surface area contributed by atoms with Crippen LogP contribution in [-0.4, -0.2) is 51.8 Å². The Bertz CT molecular complexity index is 1950. The zero-order valence-electron chi connectivity index (χ0n) is 29.0. The normalized spacial score (nSPS) is 29.2. The SMILES string of the molecule is COc1cc(C=CC2C3=CCC4C(=O)N(C5CCCCC5)C(=O)C4C3CC3C(=O)N(Nc4ccc(C)cc4)C(=O)C23c2ccccc2)ccc1O. The minimum absolute atomic E-state index is 0.00977. The van der Waals surface area contributed by atoms with Crippen molar-refractivity contribution in [2.24, 2.45) is 29.6 Å². The number of carbonyl (C=O) groups is 4. The zero-order valence-corrected chi connectivity index (χ0v) is 29.0. The predicted octanol–water partition coefficient (Wildman–Crippen LogP) is 6.57. The van der Waals surface area contributed by atoms with Crippen LogP contribution in [0.4, 0.5) is 5.69 Å². The molecule has 0 radical (unpaired) electrons. The number of nitrogens with one attached hydrogen (secondary N) is 1. The largest absolute Gasteiger partial charge is 0.504 e. The number of hydrazine groups is 1. The van der Waals surface area contributed by atoms with Gasteiger partial charge >= 0.3 is 0 Å². The molecule has 6 atom stereocenters. The molecule has 9 nitrogen and oxygen atoms in total. The monoisotopic (exact) mass is 685 g/mol. The van der Waals surface area contributed by atoms with E-state index in [4.69, 9.17) is 4.74 Å². The fraction of sp³-hybridized carbons (Fsp3) is 0.381. The molecule has 6 unspecified atom stereocenters. The van der Waals surface area contributed by atoms with Crippen molar-refractivity contribution in [2.45, 2.75) is 63.3 Å². The van der Waals surface area contributed by atoms with Crippen molar-refractivity contribution in [3.8, 4) is 11.5 Å². The highest BCUT2D eigenvalue weighted by Crippen LogP contribution is 2.61. The number of phenolic OH excluding ortho intramolecular Hbond substituents is 1. The van der Waals surface area contributed by atoms with E-state index in [0.29, 0.717) is 17.9 Å². The first kappa shape index (κ1) is 33.0. The molecular formula is C42H43N3O6. The van der Waals surface area contributed by atoms with Crippen LogP contribution in [0.2, 0.25) is 0 Å². The number of imide groups is 2. The van der Waals surface area contributed by atoms with E-state index in [1.807, 2.05) is 73.7 Å². The Morgan fingerprint density at radius 1 is 0.882 bits per heavy atom. The smallest absolute Gasteiger partial charge is 0.260 e. The van der Waals surface area contributed by atoms with Gasteiger partial charge in [-0.2, -0.15) is 5.01 Å². The maximum absolute atomic E-state index is 15.2.